The molecule has 0 atom stereocenters. The van der Waals surface area contributed by atoms with Gasteiger partial charge in [0.1, 0.15) is 0 Å². The van der Waals surface area contributed by atoms with E-state index in [1.807, 2.05) is 0 Å². The fourth-order valence-corrected chi connectivity index (χ4v) is 0.927. The van der Waals surface area contributed by atoms with Crippen molar-refractivity contribution in [3.63, 3.8) is 0 Å². The van der Waals surface area contributed by atoms with Gasteiger partial charge in [0.05, 0.1) is 13.2 Å². The fraction of sp³-hybridized carbons (Fsp3) is 0.667. The summed E-state index contributed by atoms with van der Waals surface area (Å²) in [5.74, 6) is -2.03. The Morgan fingerprint density at radius 3 is 2.47 bits per heavy atom. The van der Waals surface area contributed by atoms with Gasteiger partial charge in [-0.25, -0.2) is 9.36 Å². The molecule has 0 saturated carbocycles. The van der Waals surface area contributed by atoms with Crippen molar-refractivity contribution >= 4 is 19.7 Å². The van der Waals surface area contributed by atoms with Crippen LogP contribution >= 0.6 is 7.82 Å². The average Bonchev–Trinajstić information content (AvgIpc) is 2.11. The smallest absolute Gasteiger partial charge is 0.459 e. The van der Waals surface area contributed by atoms with Crippen LogP contribution in [-0.2, 0) is 23.4 Å². The number of ether oxygens (including phenoxy) is 1. The van der Waals surface area contributed by atoms with E-state index in [1.54, 1.807) is 6.92 Å². The SMILES string of the molecule is CCOC(=O)C(=O)NCCOP(=O)(O)O. The van der Waals surface area contributed by atoms with Crippen molar-refractivity contribution in [2.75, 3.05) is 19.8 Å². The number of hydrogen-bond donors (Lipinski definition) is 3. The first-order valence-electron chi connectivity index (χ1n) is 4.02. The van der Waals surface area contributed by atoms with Gasteiger partial charge in [-0.15, -0.1) is 0 Å². The minimum absolute atomic E-state index is 0.0746. The maximum Gasteiger partial charge on any atom is 0.469 e. The quantitative estimate of drug-likeness (QED) is 0.238. The molecule has 9 heteroatoms. The summed E-state index contributed by atoms with van der Waals surface area (Å²) in [4.78, 5) is 38.0. The van der Waals surface area contributed by atoms with Crippen molar-refractivity contribution in [3.8, 4) is 0 Å². The molecule has 0 bridgehead atoms. The molecule has 88 valence electrons. The molecule has 0 aromatic carbocycles. The zero-order valence-corrected chi connectivity index (χ0v) is 8.90. The lowest BCUT2D eigenvalue weighted by Gasteiger charge is -2.06. The number of phosphoric ester groups is 1. The Morgan fingerprint density at radius 2 is 2.00 bits per heavy atom. The molecule has 8 nitrogen and oxygen atoms in total. The summed E-state index contributed by atoms with van der Waals surface area (Å²) < 4.78 is 18.6. The topological polar surface area (TPSA) is 122 Å². The van der Waals surface area contributed by atoms with E-state index in [4.69, 9.17) is 9.79 Å². The third-order valence-corrected chi connectivity index (χ3v) is 1.63. The summed E-state index contributed by atoms with van der Waals surface area (Å²) in [6.45, 7) is 1.03. The Morgan fingerprint density at radius 1 is 1.40 bits per heavy atom. The lowest BCUT2D eigenvalue weighted by atomic mass is 10.5. The van der Waals surface area contributed by atoms with Gasteiger partial charge >= 0.3 is 19.7 Å². The number of carbonyl (C=O) groups is 2. The number of hydrogen-bond acceptors (Lipinski definition) is 5. The number of amides is 1. The summed E-state index contributed by atoms with van der Waals surface area (Å²) in [5.41, 5.74) is 0. The molecule has 0 aliphatic rings. The zero-order valence-electron chi connectivity index (χ0n) is 8.00. The maximum atomic E-state index is 10.8. The van der Waals surface area contributed by atoms with Crippen LogP contribution in [0.25, 0.3) is 0 Å². The highest BCUT2D eigenvalue weighted by Gasteiger charge is 2.16. The molecule has 0 spiro atoms. The van der Waals surface area contributed by atoms with Gasteiger partial charge in [0, 0.05) is 6.54 Å². The predicted molar refractivity (Wildman–Crippen MR) is 47.6 cm³/mol. The molecule has 0 unspecified atom stereocenters. The van der Waals surface area contributed by atoms with Gasteiger partial charge in [-0.2, -0.15) is 0 Å². The first-order valence-corrected chi connectivity index (χ1v) is 5.55. The van der Waals surface area contributed by atoms with Gasteiger partial charge in [-0.1, -0.05) is 0 Å². The molecule has 0 fully saturated rings. The van der Waals surface area contributed by atoms with Gasteiger partial charge in [-0.05, 0) is 6.92 Å². The molecule has 15 heavy (non-hydrogen) atoms. The standard InChI is InChI=1S/C6H12NO7P/c1-2-13-6(9)5(8)7-3-4-14-15(10,11)12/h2-4H2,1H3,(H,7,8)(H2,10,11,12). The van der Waals surface area contributed by atoms with Crippen LogP contribution in [0.2, 0.25) is 0 Å². The first kappa shape index (κ1) is 14.1. The van der Waals surface area contributed by atoms with E-state index in [0.29, 0.717) is 0 Å². The van der Waals surface area contributed by atoms with Crippen LogP contribution < -0.4 is 5.32 Å². The van der Waals surface area contributed by atoms with Crippen LogP contribution in [0.5, 0.6) is 0 Å². The summed E-state index contributed by atoms with van der Waals surface area (Å²) in [7, 11) is -4.53. The Labute approximate surface area is 85.8 Å². The highest BCUT2D eigenvalue weighted by Crippen LogP contribution is 2.34. The average molecular weight is 241 g/mol. The Hall–Kier alpha value is -0.950. The van der Waals surface area contributed by atoms with Gasteiger partial charge < -0.3 is 19.8 Å². The highest BCUT2D eigenvalue weighted by atomic mass is 31.2. The zero-order chi connectivity index (χ0) is 11.9. The molecular formula is C6H12NO7P. The van der Waals surface area contributed by atoms with Crippen LogP contribution in [0, 0.1) is 0 Å². The van der Waals surface area contributed by atoms with E-state index in [0.717, 1.165) is 0 Å². The van der Waals surface area contributed by atoms with E-state index in [9.17, 15) is 14.2 Å². The van der Waals surface area contributed by atoms with Crippen molar-refractivity contribution < 1.29 is 33.2 Å². The van der Waals surface area contributed by atoms with E-state index >= 15 is 0 Å². The molecule has 0 aromatic rings. The molecule has 0 rings (SSSR count). The summed E-state index contributed by atoms with van der Waals surface area (Å²) in [5, 5.41) is 2.06. The van der Waals surface area contributed by atoms with E-state index in [1.165, 1.54) is 0 Å². The van der Waals surface area contributed by atoms with Gasteiger partial charge in [0.25, 0.3) is 0 Å². The largest absolute Gasteiger partial charge is 0.469 e. The fourth-order valence-electron chi connectivity index (χ4n) is 0.598. The lowest BCUT2D eigenvalue weighted by molar-refractivity contribution is -0.154. The molecule has 1 amide bonds. The first-order chi connectivity index (χ1) is 6.87. The third-order valence-electron chi connectivity index (χ3n) is 1.11. The van der Waals surface area contributed by atoms with Crippen LogP contribution in [0.1, 0.15) is 6.92 Å². The van der Waals surface area contributed by atoms with Crippen LogP contribution in [-0.4, -0.2) is 41.4 Å². The Kier molecular flexibility index (Phi) is 6.11. The predicted octanol–water partition coefficient (Wildman–Crippen LogP) is -1.22. The lowest BCUT2D eigenvalue weighted by Crippen LogP contribution is -2.34. The summed E-state index contributed by atoms with van der Waals surface area (Å²) >= 11 is 0. The van der Waals surface area contributed by atoms with Gasteiger partial charge in [-0.3, -0.25) is 9.32 Å². The second kappa shape index (κ2) is 6.52. The van der Waals surface area contributed by atoms with E-state index in [-0.39, 0.29) is 13.2 Å². The van der Waals surface area contributed by atoms with E-state index < -0.39 is 26.3 Å². The van der Waals surface area contributed by atoms with Crippen LogP contribution in [0.4, 0.5) is 0 Å². The van der Waals surface area contributed by atoms with Crippen molar-refractivity contribution in [3.05, 3.63) is 0 Å². The molecule has 0 saturated heterocycles. The maximum absolute atomic E-state index is 10.8. The Balaban J connectivity index is 3.64. The molecular weight excluding hydrogens is 229 g/mol. The molecule has 0 aliphatic heterocycles. The monoisotopic (exact) mass is 241 g/mol. The molecule has 0 heterocycles. The molecule has 0 aliphatic carbocycles. The highest BCUT2D eigenvalue weighted by molar-refractivity contribution is 7.46. The van der Waals surface area contributed by atoms with E-state index in [2.05, 4.69) is 14.6 Å². The Bertz CT molecular complexity index is 273. The van der Waals surface area contributed by atoms with Crippen molar-refractivity contribution in [1.29, 1.82) is 0 Å². The minimum Gasteiger partial charge on any atom is -0.459 e. The number of esters is 1. The summed E-state index contributed by atoms with van der Waals surface area (Å²) in [6.07, 6.45) is 0. The number of carbonyl (C=O) groups excluding carboxylic acids is 2. The summed E-state index contributed by atoms with van der Waals surface area (Å²) in [6, 6.07) is 0. The number of rotatable bonds is 5. The second-order valence-corrected chi connectivity index (χ2v) is 3.54. The van der Waals surface area contributed by atoms with Crippen molar-refractivity contribution in [1.82, 2.24) is 5.32 Å². The minimum atomic E-state index is -4.53. The second-order valence-electron chi connectivity index (χ2n) is 2.30. The van der Waals surface area contributed by atoms with Crippen molar-refractivity contribution in [2.24, 2.45) is 0 Å². The molecule has 0 aromatic heterocycles. The molecule has 3 N–H and O–H groups in total. The molecule has 0 radical (unpaired) electrons. The van der Waals surface area contributed by atoms with Gasteiger partial charge in [0.15, 0.2) is 0 Å². The van der Waals surface area contributed by atoms with Gasteiger partial charge in [0.2, 0.25) is 0 Å². The van der Waals surface area contributed by atoms with Crippen LogP contribution in [0.15, 0.2) is 0 Å². The number of nitrogens with one attached hydrogen (secondary N) is 1. The van der Waals surface area contributed by atoms with Crippen LogP contribution in [0.3, 0.4) is 0 Å². The normalized spacial score (nSPS) is 10.9. The number of phosphoric acid groups is 1. The van der Waals surface area contributed by atoms with Crippen molar-refractivity contribution in [2.45, 2.75) is 6.92 Å². The third kappa shape index (κ3) is 8.07.